The van der Waals surface area contributed by atoms with E-state index in [0.717, 1.165) is 19.4 Å². The van der Waals surface area contributed by atoms with E-state index in [9.17, 15) is 0 Å². The lowest BCUT2D eigenvalue weighted by molar-refractivity contribution is -0.0893. The first-order chi connectivity index (χ1) is 8.38. The monoisotopic (exact) mass is 234 g/mol. The average Bonchev–Trinajstić information content (AvgIpc) is 2.40. The third-order valence-corrected chi connectivity index (χ3v) is 3.31. The molecule has 1 heterocycles. The Morgan fingerprint density at radius 2 is 1.94 bits per heavy atom. The maximum atomic E-state index is 5.95. The molecule has 0 N–H and O–H groups in total. The summed E-state index contributed by atoms with van der Waals surface area (Å²) in [5.41, 5.74) is 1.23. The predicted molar refractivity (Wildman–Crippen MR) is 68.9 cm³/mol. The van der Waals surface area contributed by atoms with Crippen molar-refractivity contribution < 1.29 is 9.47 Å². The van der Waals surface area contributed by atoms with Crippen LogP contribution in [0.25, 0.3) is 0 Å². The van der Waals surface area contributed by atoms with Gasteiger partial charge < -0.3 is 9.47 Å². The lowest BCUT2D eigenvalue weighted by Gasteiger charge is -2.29. The van der Waals surface area contributed by atoms with Gasteiger partial charge >= 0.3 is 0 Å². The van der Waals surface area contributed by atoms with Gasteiger partial charge in [0.25, 0.3) is 0 Å². The van der Waals surface area contributed by atoms with Crippen LogP contribution in [-0.2, 0) is 16.1 Å². The van der Waals surface area contributed by atoms with Crippen molar-refractivity contribution in [2.75, 3.05) is 6.61 Å². The van der Waals surface area contributed by atoms with Crippen LogP contribution in [0.2, 0.25) is 0 Å². The average molecular weight is 234 g/mol. The molecule has 1 aromatic rings. The fourth-order valence-electron chi connectivity index (χ4n) is 2.29. The summed E-state index contributed by atoms with van der Waals surface area (Å²) in [7, 11) is 0. The molecule has 1 aliphatic rings. The number of hydrogen-bond donors (Lipinski definition) is 0. The lowest BCUT2D eigenvalue weighted by Crippen LogP contribution is -2.30. The van der Waals surface area contributed by atoms with Gasteiger partial charge in [-0.3, -0.25) is 0 Å². The second-order valence-corrected chi connectivity index (χ2v) is 4.72. The minimum absolute atomic E-state index is 0.303. The molecule has 1 aromatic carbocycles. The van der Waals surface area contributed by atoms with Gasteiger partial charge in [-0.1, -0.05) is 37.3 Å². The molecular weight excluding hydrogens is 212 g/mol. The van der Waals surface area contributed by atoms with E-state index < -0.39 is 0 Å². The Labute approximate surface area is 104 Å². The zero-order valence-corrected chi connectivity index (χ0v) is 10.6. The van der Waals surface area contributed by atoms with Crippen molar-refractivity contribution >= 4 is 0 Å². The standard InChI is InChI=1S/C15H22O2/c1-2-14-9-6-10-15(17-14)12-16-11-13-7-4-3-5-8-13/h3-5,7-8,14-15H,2,6,9-12H2,1H3/t14?,15-/m0/s1. The molecule has 0 aliphatic carbocycles. The number of rotatable bonds is 5. The van der Waals surface area contributed by atoms with Crippen molar-refractivity contribution in [3.05, 3.63) is 35.9 Å². The van der Waals surface area contributed by atoms with Crippen LogP contribution in [0.4, 0.5) is 0 Å². The van der Waals surface area contributed by atoms with Gasteiger partial charge in [0.05, 0.1) is 25.4 Å². The third kappa shape index (κ3) is 4.14. The molecule has 94 valence electrons. The van der Waals surface area contributed by atoms with Crippen molar-refractivity contribution in [3.8, 4) is 0 Å². The minimum atomic E-state index is 0.303. The van der Waals surface area contributed by atoms with E-state index in [4.69, 9.17) is 9.47 Å². The molecule has 1 aliphatic heterocycles. The zero-order valence-electron chi connectivity index (χ0n) is 10.6. The summed E-state index contributed by atoms with van der Waals surface area (Å²) >= 11 is 0. The van der Waals surface area contributed by atoms with Gasteiger partial charge in [-0.25, -0.2) is 0 Å². The Morgan fingerprint density at radius 1 is 1.18 bits per heavy atom. The maximum Gasteiger partial charge on any atom is 0.0812 e. The van der Waals surface area contributed by atoms with Gasteiger partial charge in [0.1, 0.15) is 0 Å². The summed E-state index contributed by atoms with van der Waals surface area (Å²) in [6.45, 7) is 3.61. The molecule has 0 saturated carbocycles. The van der Waals surface area contributed by atoms with Crippen LogP contribution >= 0.6 is 0 Å². The molecule has 1 unspecified atom stereocenters. The van der Waals surface area contributed by atoms with Crippen molar-refractivity contribution in [2.45, 2.75) is 51.4 Å². The lowest BCUT2D eigenvalue weighted by atomic mass is 10.0. The van der Waals surface area contributed by atoms with Crippen LogP contribution in [0.15, 0.2) is 30.3 Å². The van der Waals surface area contributed by atoms with E-state index >= 15 is 0 Å². The SMILES string of the molecule is CCC1CCC[C@@H](COCc2ccccc2)O1. The highest BCUT2D eigenvalue weighted by atomic mass is 16.5. The van der Waals surface area contributed by atoms with Crippen molar-refractivity contribution in [1.82, 2.24) is 0 Å². The van der Waals surface area contributed by atoms with Crippen LogP contribution in [0, 0.1) is 0 Å². The highest BCUT2D eigenvalue weighted by Crippen LogP contribution is 2.21. The summed E-state index contributed by atoms with van der Waals surface area (Å²) < 4.78 is 11.7. The van der Waals surface area contributed by atoms with Crippen LogP contribution < -0.4 is 0 Å². The number of hydrogen-bond acceptors (Lipinski definition) is 2. The first kappa shape index (κ1) is 12.6. The largest absolute Gasteiger partial charge is 0.374 e. The molecule has 0 amide bonds. The molecule has 17 heavy (non-hydrogen) atoms. The summed E-state index contributed by atoms with van der Waals surface area (Å²) in [6.07, 6.45) is 5.51. The zero-order chi connectivity index (χ0) is 11.9. The normalized spacial score (nSPS) is 24.8. The molecule has 1 fully saturated rings. The van der Waals surface area contributed by atoms with E-state index in [0.29, 0.717) is 18.8 Å². The minimum Gasteiger partial charge on any atom is -0.374 e. The maximum absolute atomic E-state index is 5.95. The van der Waals surface area contributed by atoms with Gasteiger partial charge in [0.2, 0.25) is 0 Å². The second-order valence-electron chi connectivity index (χ2n) is 4.72. The van der Waals surface area contributed by atoms with E-state index in [1.807, 2.05) is 18.2 Å². The van der Waals surface area contributed by atoms with Gasteiger partial charge in [0, 0.05) is 0 Å². The van der Waals surface area contributed by atoms with Gasteiger partial charge in [-0.05, 0) is 31.2 Å². The van der Waals surface area contributed by atoms with E-state index in [2.05, 4.69) is 19.1 Å². The first-order valence-corrected chi connectivity index (χ1v) is 6.65. The number of ether oxygens (including phenoxy) is 2. The molecule has 2 rings (SSSR count). The van der Waals surface area contributed by atoms with Gasteiger partial charge in [-0.15, -0.1) is 0 Å². The summed E-state index contributed by atoms with van der Waals surface area (Å²) in [5, 5.41) is 0. The molecular formula is C15H22O2. The van der Waals surface area contributed by atoms with E-state index in [1.165, 1.54) is 18.4 Å². The first-order valence-electron chi connectivity index (χ1n) is 6.65. The molecule has 2 atom stereocenters. The molecule has 2 nitrogen and oxygen atoms in total. The highest BCUT2D eigenvalue weighted by Gasteiger charge is 2.20. The topological polar surface area (TPSA) is 18.5 Å². The Bertz CT molecular complexity index is 310. The van der Waals surface area contributed by atoms with E-state index in [-0.39, 0.29) is 0 Å². The van der Waals surface area contributed by atoms with Crippen LogP contribution in [-0.4, -0.2) is 18.8 Å². The predicted octanol–water partition coefficient (Wildman–Crippen LogP) is 3.55. The molecule has 0 radical (unpaired) electrons. The van der Waals surface area contributed by atoms with Crippen molar-refractivity contribution in [1.29, 1.82) is 0 Å². The smallest absolute Gasteiger partial charge is 0.0812 e. The Kier molecular flexibility index (Phi) is 5.02. The molecule has 0 bridgehead atoms. The highest BCUT2D eigenvalue weighted by molar-refractivity contribution is 5.13. The Morgan fingerprint density at radius 3 is 2.71 bits per heavy atom. The fourth-order valence-corrected chi connectivity index (χ4v) is 2.29. The van der Waals surface area contributed by atoms with Crippen molar-refractivity contribution in [3.63, 3.8) is 0 Å². The Balaban J connectivity index is 1.68. The van der Waals surface area contributed by atoms with E-state index in [1.54, 1.807) is 0 Å². The summed E-state index contributed by atoms with van der Waals surface area (Å²) in [5.74, 6) is 0. The fraction of sp³-hybridized carbons (Fsp3) is 0.600. The second kappa shape index (κ2) is 6.77. The molecule has 1 saturated heterocycles. The third-order valence-electron chi connectivity index (χ3n) is 3.31. The van der Waals surface area contributed by atoms with Gasteiger partial charge in [-0.2, -0.15) is 0 Å². The molecule has 0 spiro atoms. The van der Waals surface area contributed by atoms with Crippen LogP contribution in [0.1, 0.15) is 38.2 Å². The summed E-state index contributed by atoms with van der Waals surface area (Å²) in [4.78, 5) is 0. The molecule has 0 aromatic heterocycles. The van der Waals surface area contributed by atoms with Crippen molar-refractivity contribution in [2.24, 2.45) is 0 Å². The molecule has 2 heteroatoms. The Hall–Kier alpha value is -0.860. The van der Waals surface area contributed by atoms with Crippen LogP contribution in [0.3, 0.4) is 0 Å². The van der Waals surface area contributed by atoms with Gasteiger partial charge in [0.15, 0.2) is 0 Å². The number of benzene rings is 1. The van der Waals surface area contributed by atoms with Crippen LogP contribution in [0.5, 0.6) is 0 Å². The summed E-state index contributed by atoms with van der Waals surface area (Å²) in [6, 6.07) is 10.3. The quantitative estimate of drug-likeness (QED) is 0.775.